The Morgan fingerprint density at radius 1 is 1.47 bits per heavy atom. The largest absolute Gasteiger partial charge is 0.488 e. The molecule has 1 N–H and O–H groups in total. The molecule has 3 heteroatoms. The quantitative estimate of drug-likeness (QED) is 0.737. The first-order valence-corrected chi connectivity index (χ1v) is 6.04. The predicted octanol–water partition coefficient (Wildman–Crippen LogP) is 2.70. The maximum atomic E-state index is 5.58. The average molecular weight is 234 g/mol. The Hall–Kier alpha value is -1.35. The van der Waals surface area contributed by atoms with Gasteiger partial charge in [0.2, 0.25) is 0 Å². The van der Waals surface area contributed by atoms with Crippen molar-refractivity contribution in [2.75, 3.05) is 13.2 Å². The van der Waals surface area contributed by atoms with E-state index in [-0.39, 0.29) is 0 Å². The number of nitrogens with one attached hydrogen (secondary N) is 1. The predicted molar refractivity (Wildman–Crippen MR) is 71.2 cm³/mol. The average Bonchev–Trinajstić information content (AvgIpc) is 2.27. The third kappa shape index (κ3) is 5.00. The van der Waals surface area contributed by atoms with Crippen molar-refractivity contribution in [3.05, 3.63) is 36.2 Å². The summed E-state index contributed by atoms with van der Waals surface area (Å²) in [6.45, 7) is 12.3. The SMILES string of the molecule is C=CCOc1ccc(C)nc1CNCC(C)C. The highest BCUT2D eigenvalue weighted by atomic mass is 16.5. The van der Waals surface area contributed by atoms with Crippen LogP contribution in [0.1, 0.15) is 25.2 Å². The number of nitrogens with zero attached hydrogens (tertiary/aromatic N) is 1. The third-order valence-electron chi connectivity index (χ3n) is 2.27. The van der Waals surface area contributed by atoms with Crippen LogP contribution in [0.3, 0.4) is 0 Å². The van der Waals surface area contributed by atoms with Crippen molar-refractivity contribution >= 4 is 0 Å². The fourth-order valence-corrected chi connectivity index (χ4v) is 1.48. The zero-order valence-corrected chi connectivity index (χ0v) is 11.0. The van der Waals surface area contributed by atoms with Gasteiger partial charge in [0.1, 0.15) is 12.4 Å². The van der Waals surface area contributed by atoms with Crippen LogP contribution in [0.2, 0.25) is 0 Å². The Balaban J connectivity index is 2.65. The molecule has 0 bridgehead atoms. The first kappa shape index (κ1) is 13.7. The van der Waals surface area contributed by atoms with E-state index in [1.807, 2.05) is 19.1 Å². The standard InChI is InChI=1S/C14H22N2O/c1-5-8-17-14-7-6-12(4)16-13(14)10-15-9-11(2)3/h5-7,11,15H,1,8-10H2,2-4H3. The topological polar surface area (TPSA) is 34.1 Å². The Bertz CT molecular complexity index is 361. The van der Waals surface area contributed by atoms with Gasteiger partial charge in [-0.15, -0.1) is 0 Å². The van der Waals surface area contributed by atoms with E-state index in [0.29, 0.717) is 12.5 Å². The Kier molecular flexibility index (Phi) is 5.70. The number of aromatic nitrogens is 1. The van der Waals surface area contributed by atoms with Crippen molar-refractivity contribution in [2.45, 2.75) is 27.3 Å². The normalized spacial score (nSPS) is 10.6. The van der Waals surface area contributed by atoms with E-state index >= 15 is 0 Å². The van der Waals surface area contributed by atoms with Crippen LogP contribution in [0.25, 0.3) is 0 Å². The van der Waals surface area contributed by atoms with Gasteiger partial charge in [0.05, 0.1) is 5.69 Å². The molecular formula is C14H22N2O. The molecule has 0 saturated heterocycles. The summed E-state index contributed by atoms with van der Waals surface area (Å²) in [4.78, 5) is 4.50. The molecule has 0 aromatic carbocycles. The molecule has 0 aliphatic rings. The summed E-state index contributed by atoms with van der Waals surface area (Å²) < 4.78 is 5.58. The second-order valence-corrected chi connectivity index (χ2v) is 4.52. The Labute approximate surface area is 104 Å². The zero-order chi connectivity index (χ0) is 12.7. The molecule has 1 aromatic rings. The molecule has 0 spiro atoms. The summed E-state index contributed by atoms with van der Waals surface area (Å²) in [6.07, 6.45) is 1.74. The molecule has 0 unspecified atom stereocenters. The molecule has 0 aliphatic carbocycles. The minimum Gasteiger partial charge on any atom is -0.488 e. The smallest absolute Gasteiger partial charge is 0.142 e. The summed E-state index contributed by atoms with van der Waals surface area (Å²) in [7, 11) is 0. The second-order valence-electron chi connectivity index (χ2n) is 4.52. The van der Waals surface area contributed by atoms with E-state index in [4.69, 9.17) is 4.74 Å². The van der Waals surface area contributed by atoms with Crippen LogP contribution < -0.4 is 10.1 Å². The molecule has 0 amide bonds. The van der Waals surface area contributed by atoms with E-state index in [2.05, 4.69) is 30.7 Å². The van der Waals surface area contributed by atoms with Crippen LogP contribution in [-0.4, -0.2) is 18.1 Å². The van der Waals surface area contributed by atoms with Crippen molar-refractivity contribution in [2.24, 2.45) is 5.92 Å². The molecule has 0 radical (unpaired) electrons. The molecule has 0 fully saturated rings. The highest BCUT2D eigenvalue weighted by molar-refractivity contribution is 5.29. The summed E-state index contributed by atoms with van der Waals surface area (Å²) >= 11 is 0. The van der Waals surface area contributed by atoms with Crippen molar-refractivity contribution < 1.29 is 4.74 Å². The van der Waals surface area contributed by atoms with Gasteiger partial charge in [-0.1, -0.05) is 26.5 Å². The van der Waals surface area contributed by atoms with Crippen LogP contribution in [0.5, 0.6) is 5.75 Å². The second kappa shape index (κ2) is 7.07. The van der Waals surface area contributed by atoms with Gasteiger partial charge in [-0.25, -0.2) is 0 Å². The van der Waals surface area contributed by atoms with Crippen LogP contribution in [0.15, 0.2) is 24.8 Å². The van der Waals surface area contributed by atoms with Gasteiger partial charge in [-0.2, -0.15) is 0 Å². The minimum absolute atomic E-state index is 0.516. The number of aryl methyl sites for hydroxylation is 1. The van der Waals surface area contributed by atoms with Gasteiger partial charge >= 0.3 is 0 Å². The lowest BCUT2D eigenvalue weighted by Gasteiger charge is -2.12. The van der Waals surface area contributed by atoms with E-state index in [1.165, 1.54) is 0 Å². The van der Waals surface area contributed by atoms with Crippen LogP contribution in [0, 0.1) is 12.8 Å². The number of ether oxygens (including phenoxy) is 1. The van der Waals surface area contributed by atoms with Gasteiger partial charge in [-0.3, -0.25) is 4.98 Å². The van der Waals surface area contributed by atoms with E-state index < -0.39 is 0 Å². The first-order chi connectivity index (χ1) is 8.13. The molecule has 1 aromatic heterocycles. The minimum atomic E-state index is 0.516. The molecule has 0 atom stereocenters. The van der Waals surface area contributed by atoms with E-state index in [1.54, 1.807) is 6.08 Å². The van der Waals surface area contributed by atoms with Crippen molar-refractivity contribution in [3.8, 4) is 5.75 Å². The molecule has 1 rings (SSSR count). The van der Waals surface area contributed by atoms with Crippen LogP contribution >= 0.6 is 0 Å². The van der Waals surface area contributed by atoms with Gasteiger partial charge in [0.25, 0.3) is 0 Å². The van der Waals surface area contributed by atoms with Gasteiger partial charge in [0.15, 0.2) is 0 Å². The lowest BCUT2D eigenvalue weighted by molar-refractivity contribution is 0.354. The fourth-order valence-electron chi connectivity index (χ4n) is 1.48. The van der Waals surface area contributed by atoms with Crippen molar-refractivity contribution in [1.29, 1.82) is 0 Å². The van der Waals surface area contributed by atoms with Gasteiger partial charge in [0, 0.05) is 12.2 Å². The molecule has 94 valence electrons. The summed E-state index contributed by atoms with van der Waals surface area (Å²) in [5, 5.41) is 3.38. The van der Waals surface area contributed by atoms with Crippen LogP contribution in [0.4, 0.5) is 0 Å². The molecular weight excluding hydrogens is 212 g/mol. The molecule has 17 heavy (non-hydrogen) atoms. The van der Waals surface area contributed by atoms with Gasteiger partial charge < -0.3 is 10.1 Å². The number of hydrogen-bond acceptors (Lipinski definition) is 3. The lowest BCUT2D eigenvalue weighted by atomic mass is 10.2. The maximum Gasteiger partial charge on any atom is 0.142 e. The molecule has 1 heterocycles. The monoisotopic (exact) mass is 234 g/mol. The summed E-state index contributed by atoms with van der Waals surface area (Å²) in [6, 6.07) is 3.93. The van der Waals surface area contributed by atoms with Crippen molar-refractivity contribution in [3.63, 3.8) is 0 Å². The number of pyridine rings is 1. The van der Waals surface area contributed by atoms with Gasteiger partial charge in [-0.05, 0) is 31.5 Å². The highest BCUT2D eigenvalue weighted by Crippen LogP contribution is 2.16. The zero-order valence-electron chi connectivity index (χ0n) is 11.0. The first-order valence-electron chi connectivity index (χ1n) is 6.04. The summed E-state index contributed by atoms with van der Waals surface area (Å²) in [5.41, 5.74) is 1.98. The van der Waals surface area contributed by atoms with E-state index in [9.17, 15) is 0 Å². The molecule has 0 saturated carbocycles. The fraction of sp³-hybridized carbons (Fsp3) is 0.500. The van der Waals surface area contributed by atoms with E-state index in [0.717, 1.165) is 30.2 Å². The molecule has 0 aliphatic heterocycles. The van der Waals surface area contributed by atoms with Crippen molar-refractivity contribution in [1.82, 2.24) is 10.3 Å². The Morgan fingerprint density at radius 3 is 2.88 bits per heavy atom. The number of rotatable bonds is 7. The maximum absolute atomic E-state index is 5.58. The van der Waals surface area contributed by atoms with Crippen LogP contribution in [-0.2, 0) is 6.54 Å². The third-order valence-corrected chi connectivity index (χ3v) is 2.27. The lowest BCUT2D eigenvalue weighted by Crippen LogP contribution is -2.20. The molecule has 3 nitrogen and oxygen atoms in total. The highest BCUT2D eigenvalue weighted by Gasteiger charge is 2.05. The Morgan fingerprint density at radius 2 is 2.24 bits per heavy atom. The number of hydrogen-bond donors (Lipinski definition) is 1. The summed E-state index contributed by atoms with van der Waals surface area (Å²) in [5.74, 6) is 1.48.